The summed E-state index contributed by atoms with van der Waals surface area (Å²) in [6.45, 7) is 4.60. The summed E-state index contributed by atoms with van der Waals surface area (Å²) < 4.78 is 0. The van der Waals surface area contributed by atoms with Crippen LogP contribution in [0.1, 0.15) is 11.3 Å². The Morgan fingerprint density at radius 2 is 2.33 bits per heavy atom. The average molecular weight is 162 g/mol. The van der Waals surface area contributed by atoms with Crippen LogP contribution in [-0.4, -0.2) is 24.0 Å². The maximum Gasteiger partial charge on any atom is 0.0615 e. The second kappa shape index (κ2) is 4.02. The van der Waals surface area contributed by atoms with Gasteiger partial charge in [0, 0.05) is 12.7 Å². The van der Waals surface area contributed by atoms with Crippen LogP contribution < -0.4 is 0 Å². The van der Waals surface area contributed by atoms with Gasteiger partial charge in [-0.1, -0.05) is 18.7 Å². The molecule has 0 aliphatic rings. The minimum atomic E-state index is 0.863. The van der Waals surface area contributed by atoms with E-state index in [9.17, 15) is 0 Å². The van der Waals surface area contributed by atoms with Crippen LogP contribution in [0.25, 0.3) is 6.08 Å². The average Bonchev–Trinajstić information content (AvgIpc) is 2.04. The van der Waals surface area contributed by atoms with Crippen molar-refractivity contribution in [3.8, 4) is 0 Å². The maximum absolute atomic E-state index is 4.28. The summed E-state index contributed by atoms with van der Waals surface area (Å²) in [7, 11) is 4.06. The molecule has 0 saturated heterocycles. The van der Waals surface area contributed by atoms with Crippen molar-refractivity contribution in [3.63, 3.8) is 0 Å². The molecule has 0 aromatic carbocycles. The number of hydrogen-bond donors (Lipinski definition) is 0. The Kier molecular flexibility index (Phi) is 3.00. The molecule has 1 rings (SSSR count). The van der Waals surface area contributed by atoms with Crippen molar-refractivity contribution < 1.29 is 0 Å². The van der Waals surface area contributed by atoms with E-state index in [0.29, 0.717) is 0 Å². The monoisotopic (exact) mass is 162 g/mol. The molecule has 0 saturated carbocycles. The second-order valence-electron chi connectivity index (χ2n) is 2.98. The van der Waals surface area contributed by atoms with Gasteiger partial charge in [0.2, 0.25) is 0 Å². The largest absolute Gasteiger partial charge is 0.304 e. The molecule has 0 aliphatic carbocycles. The highest BCUT2D eigenvalue weighted by molar-refractivity contribution is 5.49. The highest BCUT2D eigenvalue weighted by Crippen LogP contribution is 2.07. The van der Waals surface area contributed by atoms with Crippen molar-refractivity contribution in [2.45, 2.75) is 6.54 Å². The SMILES string of the molecule is C=Cc1cccnc1CN(C)C. The molecule has 0 atom stereocenters. The molecule has 12 heavy (non-hydrogen) atoms. The lowest BCUT2D eigenvalue weighted by molar-refractivity contribution is 0.396. The lowest BCUT2D eigenvalue weighted by atomic mass is 10.2. The number of pyridine rings is 1. The summed E-state index contributed by atoms with van der Waals surface area (Å²) in [6, 6.07) is 3.95. The first-order valence-corrected chi connectivity index (χ1v) is 3.95. The highest BCUT2D eigenvalue weighted by atomic mass is 15.1. The van der Waals surface area contributed by atoms with Crippen molar-refractivity contribution in [2.75, 3.05) is 14.1 Å². The maximum atomic E-state index is 4.28. The van der Waals surface area contributed by atoms with Gasteiger partial charge in [-0.25, -0.2) is 0 Å². The fourth-order valence-electron chi connectivity index (χ4n) is 1.07. The lowest BCUT2D eigenvalue weighted by Gasteiger charge is -2.10. The summed E-state index contributed by atoms with van der Waals surface area (Å²) in [4.78, 5) is 6.37. The molecule has 0 bridgehead atoms. The van der Waals surface area contributed by atoms with Gasteiger partial charge in [0.05, 0.1) is 5.69 Å². The Morgan fingerprint density at radius 3 is 2.92 bits per heavy atom. The first-order chi connectivity index (χ1) is 5.74. The van der Waals surface area contributed by atoms with Gasteiger partial charge in [0.15, 0.2) is 0 Å². The fraction of sp³-hybridized carbons (Fsp3) is 0.300. The third-order valence-corrected chi connectivity index (χ3v) is 1.61. The van der Waals surface area contributed by atoms with Gasteiger partial charge in [-0.15, -0.1) is 0 Å². The van der Waals surface area contributed by atoms with Crippen LogP contribution >= 0.6 is 0 Å². The Morgan fingerprint density at radius 1 is 1.58 bits per heavy atom. The van der Waals surface area contributed by atoms with Crippen molar-refractivity contribution in [3.05, 3.63) is 36.2 Å². The van der Waals surface area contributed by atoms with Crippen LogP contribution in [0.5, 0.6) is 0 Å². The molecule has 64 valence electrons. The topological polar surface area (TPSA) is 16.1 Å². The third kappa shape index (κ3) is 2.17. The number of nitrogens with zero attached hydrogens (tertiary/aromatic N) is 2. The van der Waals surface area contributed by atoms with Crippen molar-refractivity contribution >= 4 is 6.08 Å². The van der Waals surface area contributed by atoms with Crippen molar-refractivity contribution in [1.82, 2.24) is 9.88 Å². The molecular weight excluding hydrogens is 148 g/mol. The minimum absolute atomic E-state index is 0.863. The zero-order valence-electron chi connectivity index (χ0n) is 7.62. The lowest BCUT2D eigenvalue weighted by Crippen LogP contribution is -2.12. The summed E-state index contributed by atoms with van der Waals surface area (Å²) >= 11 is 0. The van der Waals surface area contributed by atoms with Crippen molar-refractivity contribution in [2.24, 2.45) is 0 Å². The zero-order valence-corrected chi connectivity index (χ0v) is 7.62. The number of rotatable bonds is 3. The van der Waals surface area contributed by atoms with Crippen LogP contribution in [0.3, 0.4) is 0 Å². The van der Waals surface area contributed by atoms with E-state index in [4.69, 9.17) is 0 Å². The van der Waals surface area contributed by atoms with Crippen LogP contribution in [0.2, 0.25) is 0 Å². The first kappa shape index (κ1) is 8.94. The first-order valence-electron chi connectivity index (χ1n) is 3.95. The molecule has 0 N–H and O–H groups in total. The standard InChI is InChI=1S/C10H14N2/c1-4-9-6-5-7-11-10(9)8-12(2)3/h4-7H,1,8H2,2-3H3. The normalized spacial score (nSPS) is 10.2. The molecule has 0 radical (unpaired) electrons. The van der Waals surface area contributed by atoms with E-state index in [-0.39, 0.29) is 0 Å². The Bertz CT molecular complexity index is 266. The van der Waals surface area contributed by atoms with Gasteiger partial charge in [0.25, 0.3) is 0 Å². The van der Waals surface area contributed by atoms with E-state index in [1.54, 1.807) is 0 Å². The van der Waals surface area contributed by atoms with E-state index in [0.717, 1.165) is 17.8 Å². The predicted octanol–water partition coefficient (Wildman–Crippen LogP) is 1.79. The van der Waals surface area contributed by atoms with E-state index < -0.39 is 0 Å². The van der Waals surface area contributed by atoms with Gasteiger partial charge >= 0.3 is 0 Å². The van der Waals surface area contributed by atoms with E-state index in [1.807, 2.05) is 38.5 Å². The summed E-state index contributed by atoms with van der Waals surface area (Å²) in [6.07, 6.45) is 3.65. The second-order valence-corrected chi connectivity index (χ2v) is 2.98. The quantitative estimate of drug-likeness (QED) is 0.673. The van der Waals surface area contributed by atoms with Gasteiger partial charge in [-0.3, -0.25) is 4.98 Å². The van der Waals surface area contributed by atoms with Crippen LogP contribution in [0.4, 0.5) is 0 Å². The van der Waals surface area contributed by atoms with Crippen LogP contribution in [0.15, 0.2) is 24.9 Å². The van der Waals surface area contributed by atoms with Crippen molar-refractivity contribution in [1.29, 1.82) is 0 Å². The van der Waals surface area contributed by atoms with Gasteiger partial charge in [0.1, 0.15) is 0 Å². The molecule has 0 aliphatic heterocycles. The van der Waals surface area contributed by atoms with Crippen LogP contribution in [0, 0.1) is 0 Å². The van der Waals surface area contributed by atoms with E-state index >= 15 is 0 Å². The smallest absolute Gasteiger partial charge is 0.0615 e. The predicted molar refractivity (Wildman–Crippen MR) is 51.7 cm³/mol. The molecule has 0 amide bonds. The summed E-state index contributed by atoms with van der Waals surface area (Å²) in [5, 5.41) is 0. The van der Waals surface area contributed by atoms with Gasteiger partial charge in [-0.05, 0) is 25.7 Å². The zero-order chi connectivity index (χ0) is 8.97. The third-order valence-electron chi connectivity index (χ3n) is 1.61. The molecule has 1 aromatic heterocycles. The minimum Gasteiger partial charge on any atom is -0.304 e. The highest BCUT2D eigenvalue weighted by Gasteiger charge is 1.99. The van der Waals surface area contributed by atoms with E-state index in [1.165, 1.54) is 0 Å². The molecule has 2 nitrogen and oxygen atoms in total. The Balaban J connectivity index is 2.89. The molecule has 0 spiro atoms. The summed E-state index contributed by atoms with van der Waals surface area (Å²) in [5.41, 5.74) is 2.20. The Labute approximate surface area is 73.5 Å². The molecule has 0 unspecified atom stereocenters. The fourth-order valence-corrected chi connectivity index (χ4v) is 1.07. The molecule has 1 aromatic rings. The summed E-state index contributed by atoms with van der Waals surface area (Å²) in [5.74, 6) is 0. The number of hydrogen-bond acceptors (Lipinski definition) is 2. The van der Waals surface area contributed by atoms with E-state index in [2.05, 4.69) is 16.5 Å². The molecule has 1 heterocycles. The molecular formula is C10H14N2. The number of aromatic nitrogens is 1. The Hall–Kier alpha value is -1.15. The van der Waals surface area contributed by atoms with Gasteiger partial charge < -0.3 is 4.90 Å². The van der Waals surface area contributed by atoms with Gasteiger partial charge in [-0.2, -0.15) is 0 Å². The molecule has 2 heteroatoms. The molecule has 0 fully saturated rings. The van der Waals surface area contributed by atoms with Crippen LogP contribution in [-0.2, 0) is 6.54 Å².